The molecule has 0 fully saturated rings. The van der Waals surface area contributed by atoms with Crippen molar-refractivity contribution in [2.45, 2.75) is 6.42 Å². The molecular weight excluding hydrogens is 128 g/mol. The Morgan fingerprint density at radius 3 is 3.10 bits per heavy atom. The summed E-state index contributed by atoms with van der Waals surface area (Å²) in [4.78, 5) is 10.1. The number of carbonyl (C=O) groups excluding carboxylic acids is 1. The largest absolute Gasteiger partial charge is 0.497 e. The minimum atomic E-state index is 0.638. The maximum absolute atomic E-state index is 10.1. The standard InChI is InChI=1S/C8H8O2/c1-10-8-4-2-3-7(5-8)6-9/h2,4-5H,3H2,1H3. The molecule has 1 rings (SSSR count). The summed E-state index contributed by atoms with van der Waals surface area (Å²) in [5, 5.41) is 0. The maximum Gasteiger partial charge on any atom is 0.128 e. The molecule has 2 nitrogen and oxygen atoms in total. The van der Waals surface area contributed by atoms with Crippen LogP contribution in [0.5, 0.6) is 0 Å². The fourth-order valence-electron chi connectivity index (χ4n) is 0.779. The third-order valence-electron chi connectivity index (χ3n) is 1.30. The van der Waals surface area contributed by atoms with E-state index in [1.54, 1.807) is 13.2 Å². The van der Waals surface area contributed by atoms with Crippen molar-refractivity contribution in [3.8, 4) is 0 Å². The molecule has 0 aromatic carbocycles. The highest BCUT2D eigenvalue weighted by Gasteiger charge is 2.00. The zero-order valence-corrected chi connectivity index (χ0v) is 5.76. The highest BCUT2D eigenvalue weighted by molar-refractivity contribution is 5.59. The molecule has 2 heteroatoms. The number of hydrogen-bond donors (Lipinski definition) is 0. The van der Waals surface area contributed by atoms with E-state index in [4.69, 9.17) is 4.74 Å². The summed E-state index contributed by atoms with van der Waals surface area (Å²) in [7, 11) is 1.57. The summed E-state index contributed by atoms with van der Waals surface area (Å²) in [6.45, 7) is 0. The summed E-state index contributed by atoms with van der Waals surface area (Å²) in [6.07, 6.45) is 6.06. The topological polar surface area (TPSA) is 26.3 Å². The highest BCUT2D eigenvalue weighted by atomic mass is 16.5. The molecule has 0 atom stereocenters. The van der Waals surface area contributed by atoms with Crippen LogP contribution < -0.4 is 0 Å². The van der Waals surface area contributed by atoms with E-state index in [0.29, 0.717) is 17.8 Å². The molecule has 0 radical (unpaired) electrons. The van der Waals surface area contributed by atoms with Crippen molar-refractivity contribution in [1.29, 1.82) is 0 Å². The van der Waals surface area contributed by atoms with Gasteiger partial charge in [0.25, 0.3) is 0 Å². The van der Waals surface area contributed by atoms with Crippen molar-refractivity contribution >= 4 is 5.94 Å². The van der Waals surface area contributed by atoms with Crippen LogP contribution in [0.25, 0.3) is 0 Å². The lowest BCUT2D eigenvalue weighted by atomic mass is 10.1. The first kappa shape index (κ1) is 6.84. The molecule has 0 spiro atoms. The normalized spacial score (nSPS) is 16.1. The highest BCUT2D eigenvalue weighted by Crippen LogP contribution is 2.12. The van der Waals surface area contributed by atoms with Gasteiger partial charge in [0.2, 0.25) is 0 Å². The third-order valence-corrected chi connectivity index (χ3v) is 1.30. The summed E-state index contributed by atoms with van der Waals surface area (Å²) in [5.74, 6) is 2.54. The Bertz CT molecular complexity index is 230. The molecule has 0 heterocycles. The lowest BCUT2D eigenvalue weighted by Crippen LogP contribution is -1.90. The number of ether oxygens (including phenoxy) is 1. The molecule has 0 N–H and O–H groups in total. The van der Waals surface area contributed by atoms with Crippen LogP contribution in [-0.4, -0.2) is 13.1 Å². The van der Waals surface area contributed by atoms with E-state index in [1.807, 2.05) is 18.1 Å². The quantitative estimate of drug-likeness (QED) is 0.507. The van der Waals surface area contributed by atoms with Gasteiger partial charge < -0.3 is 4.74 Å². The van der Waals surface area contributed by atoms with Crippen molar-refractivity contribution in [2.75, 3.05) is 7.11 Å². The molecule has 0 unspecified atom stereocenters. The van der Waals surface area contributed by atoms with Crippen molar-refractivity contribution in [2.24, 2.45) is 0 Å². The monoisotopic (exact) mass is 136 g/mol. The van der Waals surface area contributed by atoms with E-state index >= 15 is 0 Å². The van der Waals surface area contributed by atoms with Gasteiger partial charge in [-0.3, -0.25) is 0 Å². The van der Waals surface area contributed by atoms with Crippen molar-refractivity contribution in [1.82, 2.24) is 0 Å². The fourth-order valence-corrected chi connectivity index (χ4v) is 0.779. The first-order valence-electron chi connectivity index (χ1n) is 3.03. The van der Waals surface area contributed by atoms with Gasteiger partial charge in [-0.1, -0.05) is 6.08 Å². The van der Waals surface area contributed by atoms with E-state index in [9.17, 15) is 4.79 Å². The zero-order chi connectivity index (χ0) is 7.40. The summed E-state index contributed by atoms with van der Waals surface area (Å²) in [6, 6.07) is 0. The van der Waals surface area contributed by atoms with E-state index < -0.39 is 0 Å². The van der Waals surface area contributed by atoms with Crippen LogP contribution in [0.3, 0.4) is 0 Å². The van der Waals surface area contributed by atoms with Gasteiger partial charge in [0.05, 0.1) is 7.11 Å². The fraction of sp³-hybridized carbons (Fsp3) is 0.250. The Hall–Kier alpha value is -1.27. The predicted octanol–water partition coefficient (Wildman–Crippen LogP) is 1.23. The lowest BCUT2D eigenvalue weighted by Gasteiger charge is -2.04. The first-order valence-corrected chi connectivity index (χ1v) is 3.03. The Balaban J connectivity index is 2.84. The van der Waals surface area contributed by atoms with Crippen LogP contribution in [0.1, 0.15) is 6.42 Å². The molecule has 0 aromatic rings. The Morgan fingerprint density at radius 2 is 2.50 bits per heavy atom. The number of hydrogen-bond acceptors (Lipinski definition) is 2. The number of rotatable bonds is 1. The number of allylic oxidation sites excluding steroid dienone is 4. The minimum Gasteiger partial charge on any atom is -0.497 e. The molecule has 0 aromatic heterocycles. The maximum atomic E-state index is 10.1. The molecule has 1 aliphatic rings. The molecule has 52 valence electrons. The van der Waals surface area contributed by atoms with Crippen LogP contribution >= 0.6 is 0 Å². The van der Waals surface area contributed by atoms with Gasteiger partial charge in [0, 0.05) is 12.0 Å². The second kappa shape index (κ2) is 3.04. The second-order valence-electron chi connectivity index (χ2n) is 1.98. The van der Waals surface area contributed by atoms with Crippen molar-refractivity contribution < 1.29 is 9.53 Å². The summed E-state index contributed by atoms with van der Waals surface area (Å²) >= 11 is 0. The van der Waals surface area contributed by atoms with Crippen LogP contribution in [-0.2, 0) is 9.53 Å². The Kier molecular flexibility index (Phi) is 2.08. The Labute approximate surface area is 59.5 Å². The molecule has 0 saturated carbocycles. The molecule has 0 saturated heterocycles. The smallest absolute Gasteiger partial charge is 0.128 e. The van der Waals surface area contributed by atoms with E-state index in [0.717, 1.165) is 0 Å². The van der Waals surface area contributed by atoms with E-state index in [2.05, 4.69) is 0 Å². The van der Waals surface area contributed by atoms with Crippen LogP contribution in [0, 0.1) is 0 Å². The molecule has 0 amide bonds. The molecule has 10 heavy (non-hydrogen) atoms. The van der Waals surface area contributed by atoms with Crippen molar-refractivity contribution in [3.05, 3.63) is 29.6 Å². The van der Waals surface area contributed by atoms with Gasteiger partial charge in [-0.05, 0) is 12.2 Å². The Morgan fingerprint density at radius 1 is 1.70 bits per heavy atom. The molecular formula is C8H8O2. The molecule has 0 bridgehead atoms. The van der Waals surface area contributed by atoms with Crippen LogP contribution in [0.4, 0.5) is 0 Å². The van der Waals surface area contributed by atoms with Crippen LogP contribution in [0.15, 0.2) is 29.6 Å². The average Bonchev–Trinajstić information content (AvgIpc) is 2.05. The molecule has 1 aliphatic carbocycles. The van der Waals surface area contributed by atoms with Gasteiger partial charge >= 0.3 is 0 Å². The molecule has 0 aliphatic heterocycles. The predicted molar refractivity (Wildman–Crippen MR) is 38.1 cm³/mol. The van der Waals surface area contributed by atoms with Crippen LogP contribution in [0.2, 0.25) is 0 Å². The average molecular weight is 136 g/mol. The third kappa shape index (κ3) is 1.36. The van der Waals surface area contributed by atoms with Gasteiger partial charge in [-0.25, -0.2) is 4.79 Å². The second-order valence-corrected chi connectivity index (χ2v) is 1.98. The number of methoxy groups -OCH3 is 1. The van der Waals surface area contributed by atoms with Gasteiger partial charge in [-0.2, -0.15) is 0 Å². The minimum absolute atomic E-state index is 0.638. The van der Waals surface area contributed by atoms with Gasteiger partial charge in [0.1, 0.15) is 11.7 Å². The summed E-state index contributed by atoms with van der Waals surface area (Å²) < 4.78 is 4.90. The SMILES string of the molecule is COC1=CC(=C=O)CC=C1. The van der Waals surface area contributed by atoms with E-state index in [1.165, 1.54) is 0 Å². The first-order chi connectivity index (χ1) is 4.86. The van der Waals surface area contributed by atoms with Crippen molar-refractivity contribution in [3.63, 3.8) is 0 Å². The van der Waals surface area contributed by atoms with E-state index in [-0.39, 0.29) is 0 Å². The van der Waals surface area contributed by atoms with Gasteiger partial charge in [-0.15, -0.1) is 0 Å². The summed E-state index contributed by atoms with van der Waals surface area (Å²) in [5.41, 5.74) is 0.638. The zero-order valence-electron chi connectivity index (χ0n) is 5.76. The van der Waals surface area contributed by atoms with Gasteiger partial charge in [0.15, 0.2) is 0 Å². The lowest BCUT2D eigenvalue weighted by molar-refractivity contribution is 0.305.